The second-order valence-electron chi connectivity index (χ2n) is 8.04. The van der Waals surface area contributed by atoms with Crippen molar-refractivity contribution in [3.63, 3.8) is 0 Å². The highest BCUT2D eigenvalue weighted by Crippen LogP contribution is 2.24. The van der Waals surface area contributed by atoms with Crippen LogP contribution in [0.25, 0.3) is 22.9 Å². The Hall–Kier alpha value is -4.58. The number of amides is 1. The third kappa shape index (κ3) is 4.91. The second-order valence-corrected chi connectivity index (χ2v) is 8.04. The van der Waals surface area contributed by atoms with Gasteiger partial charge in [0.05, 0.1) is 0 Å². The number of nitrogens with zero attached hydrogens (tertiary/aromatic N) is 3. The third-order valence-corrected chi connectivity index (χ3v) is 5.49. The van der Waals surface area contributed by atoms with Crippen LogP contribution in [0.1, 0.15) is 27.0 Å². The number of aromatic nitrogens is 3. The molecule has 0 aliphatic heterocycles. The van der Waals surface area contributed by atoms with Gasteiger partial charge in [-0.05, 0) is 85.1 Å². The Morgan fingerprint density at radius 1 is 0.735 bits per heavy atom. The van der Waals surface area contributed by atoms with Crippen LogP contribution >= 0.6 is 0 Å². The number of pyridine rings is 1. The SMILES string of the molecule is Cc1ccc(-c2nnc(-c3ccc(C(=O)Nc4ccc(Cc5ccncc5)cc4)cc3)o2)cc1. The molecule has 2 heterocycles. The molecular formula is C28H22N4O2. The first kappa shape index (κ1) is 21.3. The number of benzene rings is 3. The summed E-state index contributed by atoms with van der Waals surface area (Å²) >= 11 is 0. The van der Waals surface area contributed by atoms with Crippen LogP contribution in [0.15, 0.2) is 102 Å². The predicted molar refractivity (Wildman–Crippen MR) is 131 cm³/mol. The molecule has 5 rings (SSSR count). The summed E-state index contributed by atoms with van der Waals surface area (Å²) in [6.45, 7) is 2.03. The Balaban J connectivity index is 1.23. The molecule has 0 spiro atoms. The molecule has 5 aromatic rings. The number of anilines is 1. The van der Waals surface area contributed by atoms with Gasteiger partial charge in [0, 0.05) is 34.8 Å². The maximum absolute atomic E-state index is 12.7. The number of carbonyl (C=O) groups excluding carboxylic acids is 1. The summed E-state index contributed by atoms with van der Waals surface area (Å²) in [6.07, 6.45) is 4.40. The van der Waals surface area contributed by atoms with Gasteiger partial charge in [0.15, 0.2) is 0 Å². The summed E-state index contributed by atoms with van der Waals surface area (Å²) in [5.74, 6) is 0.691. The molecule has 0 radical (unpaired) electrons. The van der Waals surface area contributed by atoms with Crippen LogP contribution in [0.5, 0.6) is 0 Å². The Morgan fingerprint density at radius 3 is 1.91 bits per heavy atom. The van der Waals surface area contributed by atoms with Crippen molar-refractivity contribution >= 4 is 11.6 Å². The lowest BCUT2D eigenvalue weighted by Crippen LogP contribution is -2.11. The molecule has 166 valence electrons. The van der Waals surface area contributed by atoms with E-state index in [1.165, 1.54) is 11.1 Å². The second kappa shape index (κ2) is 9.50. The quantitative estimate of drug-likeness (QED) is 0.349. The molecule has 0 aliphatic rings. The lowest BCUT2D eigenvalue weighted by atomic mass is 10.1. The van der Waals surface area contributed by atoms with Gasteiger partial charge < -0.3 is 9.73 Å². The molecule has 0 saturated heterocycles. The van der Waals surface area contributed by atoms with Crippen molar-refractivity contribution in [3.8, 4) is 22.9 Å². The van der Waals surface area contributed by atoms with Crippen LogP contribution < -0.4 is 5.32 Å². The average molecular weight is 447 g/mol. The highest BCUT2D eigenvalue weighted by Gasteiger charge is 2.12. The van der Waals surface area contributed by atoms with E-state index in [2.05, 4.69) is 20.5 Å². The van der Waals surface area contributed by atoms with E-state index in [1.807, 2.05) is 67.6 Å². The Bertz CT molecular complexity index is 1390. The highest BCUT2D eigenvalue weighted by atomic mass is 16.4. The molecule has 2 aromatic heterocycles. The van der Waals surface area contributed by atoms with Gasteiger partial charge in [-0.1, -0.05) is 29.8 Å². The molecule has 0 atom stereocenters. The van der Waals surface area contributed by atoms with Crippen molar-refractivity contribution in [2.24, 2.45) is 0 Å². The zero-order valence-corrected chi connectivity index (χ0v) is 18.6. The first-order chi connectivity index (χ1) is 16.6. The summed E-state index contributed by atoms with van der Waals surface area (Å²) in [6, 6.07) is 26.9. The summed E-state index contributed by atoms with van der Waals surface area (Å²) in [5, 5.41) is 11.2. The number of rotatable bonds is 6. The molecule has 6 nitrogen and oxygen atoms in total. The molecule has 34 heavy (non-hydrogen) atoms. The van der Waals surface area contributed by atoms with E-state index in [0.29, 0.717) is 17.3 Å². The normalized spacial score (nSPS) is 10.7. The van der Waals surface area contributed by atoms with Crippen LogP contribution in [0, 0.1) is 6.92 Å². The Morgan fingerprint density at radius 2 is 1.29 bits per heavy atom. The van der Waals surface area contributed by atoms with Gasteiger partial charge >= 0.3 is 0 Å². The van der Waals surface area contributed by atoms with Crippen molar-refractivity contribution in [3.05, 3.63) is 120 Å². The van der Waals surface area contributed by atoms with E-state index >= 15 is 0 Å². The first-order valence-electron chi connectivity index (χ1n) is 10.9. The summed E-state index contributed by atoms with van der Waals surface area (Å²) in [4.78, 5) is 16.7. The number of nitrogens with one attached hydrogen (secondary N) is 1. The van der Waals surface area contributed by atoms with Crippen LogP contribution in [-0.2, 0) is 6.42 Å². The molecule has 0 bridgehead atoms. The van der Waals surface area contributed by atoms with E-state index in [4.69, 9.17) is 4.42 Å². The zero-order chi connectivity index (χ0) is 23.3. The zero-order valence-electron chi connectivity index (χ0n) is 18.6. The lowest BCUT2D eigenvalue weighted by Gasteiger charge is -2.07. The topological polar surface area (TPSA) is 80.9 Å². The van der Waals surface area contributed by atoms with Crippen molar-refractivity contribution in [2.75, 3.05) is 5.32 Å². The number of hydrogen-bond donors (Lipinski definition) is 1. The Labute approximate surface area is 197 Å². The van der Waals surface area contributed by atoms with Gasteiger partial charge in [0.1, 0.15) is 0 Å². The molecule has 3 aromatic carbocycles. The molecule has 0 saturated carbocycles. The average Bonchev–Trinajstić information content (AvgIpc) is 3.37. The molecule has 1 N–H and O–H groups in total. The van der Waals surface area contributed by atoms with Gasteiger partial charge in [-0.15, -0.1) is 10.2 Å². The molecule has 0 unspecified atom stereocenters. The van der Waals surface area contributed by atoms with E-state index in [-0.39, 0.29) is 5.91 Å². The highest BCUT2D eigenvalue weighted by molar-refractivity contribution is 6.04. The fourth-order valence-corrected chi connectivity index (χ4v) is 3.56. The molecular weight excluding hydrogens is 424 g/mol. The van der Waals surface area contributed by atoms with Gasteiger partial charge in [-0.2, -0.15) is 0 Å². The molecule has 0 aliphatic carbocycles. The van der Waals surface area contributed by atoms with Crippen molar-refractivity contribution in [1.29, 1.82) is 0 Å². The van der Waals surface area contributed by atoms with Crippen LogP contribution in [0.2, 0.25) is 0 Å². The maximum atomic E-state index is 12.7. The lowest BCUT2D eigenvalue weighted by molar-refractivity contribution is 0.102. The third-order valence-electron chi connectivity index (χ3n) is 5.49. The van der Waals surface area contributed by atoms with Crippen molar-refractivity contribution < 1.29 is 9.21 Å². The number of aryl methyl sites for hydroxylation is 1. The molecule has 0 fully saturated rings. The summed E-state index contributed by atoms with van der Waals surface area (Å²) in [7, 11) is 0. The van der Waals surface area contributed by atoms with Crippen molar-refractivity contribution in [2.45, 2.75) is 13.3 Å². The minimum atomic E-state index is -0.181. The monoisotopic (exact) mass is 446 g/mol. The van der Waals surface area contributed by atoms with E-state index in [9.17, 15) is 4.79 Å². The van der Waals surface area contributed by atoms with Crippen LogP contribution in [-0.4, -0.2) is 21.1 Å². The summed E-state index contributed by atoms with van der Waals surface area (Å²) < 4.78 is 5.82. The van der Waals surface area contributed by atoms with Crippen LogP contribution in [0.3, 0.4) is 0 Å². The largest absolute Gasteiger partial charge is 0.416 e. The standard InChI is InChI=1S/C28H22N4O2/c1-19-2-6-23(7-3-19)27-31-32-28(34-27)24-10-8-22(9-11-24)26(33)30-25-12-4-20(5-13-25)18-21-14-16-29-17-15-21/h2-17H,18H2,1H3,(H,30,33). The van der Waals surface area contributed by atoms with Gasteiger partial charge in [0.2, 0.25) is 11.8 Å². The minimum Gasteiger partial charge on any atom is -0.416 e. The Kier molecular flexibility index (Phi) is 5.95. The van der Waals surface area contributed by atoms with Gasteiger partial charge in [-0.3, -0.25) is 9.78 Å². The number of carbonyl (C=O) groups is 1. The fraction of sp³-hybridized carbons (Fsp3) is 0.0714. The van der Waals surface area contributed by atoms with Gasteiger partial charge in [-0.25, -0.2) is 0 Å². The van der Waals surface area contributed by atoms with E-state index in [1.54, 1.807) is 36.7 Å². The van der Waals surface area contributed by atoms with E-state index in [0.717, 1.165) is 28.8 Å². The van der Waals surface area contributed by atoms with E-state index < -0.39 is 0 Å². The molecule has 1 amide bonds. The smallest absolute Gasteiger partial charge is 0.255 e. The first-order valence-corrected chi connectivity index (χ1v) is 10.9. The fourth-order valence-electron chi connectivity index (χ4n) is 3.56. The predicted octanol–water partition coefficient (Wildman–Crippen LogP) is 5.95. The maximum Gasteiger partial charge on any atom is 0.255 e. The minimum absolute atomic E-state index is 0.181. The number of hydrogen-bond acceptors (Lipinski definition) is 5. The van der Waals surface area contributed by atoms with Crippen LogP contribution in [0.4, 0.5) is 5.69 Å². The van der Waals surface area contributed by atoms with Gasteiger partial charge in [0.25, 0.3) is 5.91 Å². The molecule has 6 heteroatoms. The van der Waals surface area contributed by atoms with Crippen molar-refractivity contribution in [1.82, 2.24) is 15.2 Å². The summed E-state index contributed by atoms with van der Waals surface area (Å²) in [5.41, 5.74) is 6.43.